The van der Waals surface area contributed by atoms with Crippen molar-refractivity contribution in [3.05, 3.63) is 0 Å². The average molecular weight is 396 g/mol. The van der Waals surface area contributed by atoms with Crippen molar-refractivity contribution in [3.63, 3.8) is 0 Å². The Kier molecular flexibility index (Phi) is 11.6. The van der Waals surface area contributed by atoms with Crippen LogP contribution in [0.2, 0.25) is 0 Å². The maximum Gasteiger partial charge on any atom is 0.193 e. The fourth-order valence-corrected chi connectivity index (χ4v) is 2.62. The Morgan fingerprint density at radius 3 is 2.40 bits per heavy atom. The van der Waals surface area contributed by atoms with Crippen molar-refractivity contribution in [2.24, 2.45) is 10.9 Å². The molecule has 0 unspecified atom stereocenters. The van der Waals surface area contributed by atoms with Gasteiger partial charge in [-0.2, -0.15) is 0 Å². The summed E-state index contributed by atoms with van der Waals surface area (Å²) in [6.45, 7) is 13.5. The van der Waals surface area contributed by atoms with Crippen LogP contribution in [0.15, 0.2) is 4.99 Å². The molecule has 120 valence electrons. The molecule has 1 N–H and O–H groups in total. The first-order valence-corrected chi connectivity index (χ1v) is 7.89. The van der Waals surface area contributed by atoms with Crippen LogP contribution in [-0.2, 0) is 0 Å². The normalized spacial score (nSPS) is 17.2. The molecule has 1 fully saturated rings. The molecule has 0 amide bonds. The lowest BCUT2D eigenvalue weighted by atomic mass is 10.00. The first-order chi connectivity index (χ1) is 9.21. The third kappa shape index (κ3) is 7.11. The van der Waals surface area contributed by atoms with Crippen molar-refractivity contribution in [1.29, 1.82) is 0 Å². The zero-order valence-corrected chi connectivity index (χ0v) is 16.0. The van der Waals surface area contributed by atoms with Gasteiger partial charge >= 0.3 is 0 Å². The monoisotopic (exact) mass is 396 g/mol. The van der Waals surface area contributed by atoms with E-state index in [4.69, 9.17) is 0 Å². The van der Waals surface area contributed by atoms with Crippen LogP contribution in [0.3, 0.4) is 0 Å². The van der Waals surface area contributed by atoms with Gasteiger partial charge in [0.25, 0.3) is 0 Å². The minimum atomic E-state index is 0. The number of hydrogen-bond acceptors (Lipinski definition) is 2. The molecule has 0 aromatic rings. The second kappa shape index (κ2) is 11.6. The van der Waals surface area contributed by atoms with Crippen molar-refractivity contribution in [2.45, 2.75) is 40.0 Å². The van der Waals surface area contributed by atoms with Crippen LogP contribution < -0.4 is 5.32 Å². The molecule has 4 nitrogen and oxygen atoms in total. The SMILES string of the molecule is CCCN(CC)CCNC(=NC)N1CCC(C)CC1.I. The molecule has 0 aliphatic carbocycles. The molecule has 0 atom stereocenters. The highest BCUT2D eigenvalue weighted by atomic mass is 127. The minimum Gasteiger partial charge on any atom is -0.355 e. The number of nitrogens with zero attached hydrogens (tertiary/aromatic N) is 3. The second-order valence-electron chi connectivity index (χ2n) is 5.58. The van der Waals surface area contributed by atoms with Gasteiger partial charge in [-0.25, -0.2) is 0 Å². The van der Waals surface area contributed by atoms with Crippen molar-refractivity contribution in [2.75, 3.05) is 46.3 Å². The maximum absolute atomic E-state index is 4.42. The number of nitrogens with one attached hydrogen (secondary N) is 1. The van der Waals surface area contributed by atoms with Gasteiger partial charge in [-0.1, -0.05) is 20.8 Å². The molecule has 5 heteroatoms. The van der Waals surface area contributed by atoms with Gasteiger partial charge in [0.05, 0.1) is 0 Å². The predicted molar refractivity (Wildman–Crippen MR) is 99.2 cm³/mol. The van der Waals surface area contributed by atoms with E-state index in [-0.39, 0.29) is 24.0 Å². The highest BCUT2D eigenvalue weighted by molar-refractivity contribution is 14.0. The van der Waals surface area contributed by atoms with Gasteiger partial charge in [0.15, 0.2) is 5.96 Å². The van der Waals surface area contributed by atoms with E-state index in [9.17, 15) is 0 Å². The fourth-order valence-electron chi connectivity index (χ4n) is 2.62. The van der Waals surface area contributed by atoms with E-state index in [1.807, 2.05) is 7.05 Å². The summed E-state index contributed by atoms with van der Waals surface area (Å²) in [6, 6.07) is 0. The van der Waals surface area contributed by atoms with Crippen molar-refractivity contribution < 1.29 is 0 Å². The van der Waals surface area contributed by atoms with E-state index in [0.717, 1.165) is 44.6 Å². The minimum absolute atomic E-state index is 0. The van der Waals surface area contributed by atoms with Gasteiger partial charge in [0.1, 0.15) is 0 Å². The maximum atomic E-state index is 4.42. The Bertz CT molecular complexity index is 263. The second-order valence-corrected chi connectivity index (χ2v) is 5.58. The number of likely N-dealkylation sites (N-methyl/N-ethyl adjacent to an activating group) is 1. The zero-order chi connectivity index (χ0) is 14.1. The van der Waals surface area contributed by atoms with E-state index >= 15 is 0 Å². The molecule has 1 aliphatic rings. The lowest BCUT2D eigenvalue weighted by Gasteiger charge is -2.33. The summed E-state index contributed by atoms with van der Waals surface area (Å²) in [5, 5.41) is 3.51. The van der Waals surface area contributed by atoms with E-state index in [1.54, 1.807) is 0 Å². The van der Waals surface area contributed by atoms with Gasteiger partial charge < -0.3 is 15.1 Å². The summed E-state index contributed by atoms with van der Waals surface area (Å²) in [7, 11) is 1.89. The van der Waals surface area contributed by atoms with Gasteiger partial charge in [-0.05, 0) is 38.3 Å². The molecule has 20 heavy (non-hydrogen) atoms. The molecule has 0 saturated carbocycles. The quantitative estimate of drug-likeness (QED) is 0.426. The van der Waals surface area contributed by atoms with Crippen molar-refractivity contribution >= 4 is 29.9 Å². The summed E-state index contributed by atoms with van der Waals surface area (Å²) < 4.78 is 0. The molecule has 0 bridgehead atoms. The van der Waals surface area contributed by atoms with Crippen LogP contribution in [0.5, 0.6) is 0 Å². The largest absolute Gasteiger partial charge is 0.355 e. The highest BCUT2D eigenvalue weighted by Gasteiger charge is 2.18. The molecule has 1 rings (SSSR count). The third-order valence-electron chi connectivity index (χ3n) is 3.99. The van der Waals surface area contributed by atoms with Gasteiger partial charge in [0, 0.05) is 33.2 Å². The summed E-state index contributed by atoms with van der Waals surface area (Å²) in [4.78, 5) is 9.30. The highest BCUT2D eigenvalue weighted by Crippen LogP contribution is 2.15. The third-order valence-corrected chi connectivity index (χ3v) is 3.99. The number of piperidine rings is 1. The van der Waals surface area contributed by atoms with Gasteiger partial charge in [0.2, 0.25) is 0 Å². The summed E-state index contributed by atoms with van der Waals surface area (Å²) >= 11 is 0. The van der Waals surface area contributed by atoms with Crippen LogP contribution >= 0.6 is 24.0 Å². The van der Waals surface area contributed by atoms with Crippen LogP contribution in [0.25, 0.3) is 0 Å². The summed E-state index contributed by atoms with van der Waals surface area (Å²) in [5.74, 6) is 1.95. The Hall–Kier alpha value is -0.0400. The van der Waals surface area contributed by atoms with E-state index < -0.39 is 0 Å². The van der Waals surface area contributed by atoms with Gasteiger partial charge in [-0.15, -0.1) is 24.0 Å². The Morgan fingerprint density at radius 1 is 1.25 bits per heavy atom. The molecule has 1 heterocycles. The van der Waals surface area contributed by atoms with E-state index in [1.165, 1.54) is 25.8 Å². The summed E-state index contributed by atoms with van der Waals surface area (Å²) in [5.41, 5.74) is 0. The average Bonchev–Trinajstić information content (AvgIpc) is 2.43. The molecule has 0 aromatic carbocycles. The molecule has 0 aromatic heterocycles. The number of aliphatic imine (C=N–C) groups is 1. The van der Waals surface area contributed by atoms with Crippen LogP contribution in [0, 0.1) is 5.92 Å². The number of halogens is 1. The number of hydrogen-bond donors (Lipinski definition) is 1. The first-order valence-electron chi connectivity index (χ1n) is 7.89. The van der Waals surface area contributed by atoms with E-state index in [0.29, 0.717) is 0 Å². The number of guanidine groups is 1. The van der Waals surface area contributed by atoms with Gasteiger partial charge in [-0.3, -0.25) is 4.99 Å². The van der Waals surface area contributed by atoms with E-state index in [2.05, 4.69) is 40.9 Å². The molecular formula is C15H33IN4. The van der Waals surface area contributed by atoms with Crippen molar-refractivity contribution in [1.82, 2.24) is 15.1 Å². The fraction of sp³-hybridized carbons (Fsp3) is 0.933. The smallest absolute Gasteiger partial charge is 0.193 e. The molecule has 0 spiro atoms. The molecule has 1 aliphatic heterocycles. The van der Waals surface area contributed by atoms with Crippen molar-refractivity contribution in [3.8, 4) is 0 Å². The van der Waals surface area contributed by atoms with Crippen LogP contribution in [-0.4, -0.2) is 62.1 Å². The number of likely N-dealkylation sites (tertiary alicyclic amines) is 1. The lowest BCUT2D eigenvalue weighted by Crippen LogP contribution is -2.47. The standard InChI is InChI=1S/C15H32N4.HI/c1-5-10-18(6-2)13-9-17-15(16-4)19-11-7-14(3)8-12-19;/h14H,5-13H2,1-4H3,(H,16,17);1H. The zero-order valence-electron chi connectivity index (χ0n) is 13.7. The molecule has 0 radical (unpaired) electrons. The van der Waals surface area contributed by atoms with Crippen LogP contribution in [0.4, 0.5) is 0 Å². The first kappa shape index (κ1) is 20.0. The molecular weight excluding hydrogens is 363 g/mol. The van der Waals surface area contributed by atoms with Crippen LogP contribution in [0.1, 0.15) is 40.0 Å². The Balaban J connectivity index is 0.00000361. The predicted octanol–water partition coefficient (Wildman–Crippen LogP) is 2.64. The summed E-state index contributed by atoms with van der Waals surface area (Å²) in [6.07, 6.45) is 3.81. The molecule has 1 saturated heterocycles. The topological polar surface area (TPSA) is 30.9 Å². The number of rotatable bonds is 6. The Labute approximate surface area is 142 Å². The lowest BCUT2D eigenvalue weighted by molar-refractivity contribution is 0.267. The Morgan fingerprint density at radius 2 is 1.90 bits per heavy atom.